The Kier molecular flexibility index (Phi) is 3.70. The molecule has 1 saturated heterocycles. The smallest absolute Gasteiger partial charge is 0.0679 e. The molecule has 0 spiro atoms. The van der Waals surface area contributed by atoms with E-state index >= 15 is 0 Å². The van der Waals surface area contributed by atoms with Gasteiger partial charge in [0.2, 0.25) is 0 Å². The summed E-state index contributed by atoms with van der Waals surface area (Å²) in [6.45, 7) is 2.64. The van der Waals surface area contributed by atoms with Gasteiger partial charge in [0.05, 0.1) is 11.4 Å². The van der Waals surface area contributed by atoms with Crippen LogP contribution in [0.2, 0.25) is 0 Å². The Morgan fingerprint density at radius 2 is 1.84 bits per heavy atom. The lowest BCUT2D eigenvalue weighted by atomic mass is 10.3. The molecule has 0 unspecified atom stereocenters. The highest BCUT2D eigenvalue weighted by atomic mass is 32.2. The summed E-state index contributed by atoms with van der Waals surface area (Å²) in [6, 6.07) is 5.93. The van der Waals surface area contributed by atoms with Crippen LogP contribution in [0, 0.1) is 0 Å². The van der Waals surface area contributed by atoms with Crippen LogP contribution in [-0.4, -0.2) is 48.5 Å². The van der Waals surface area contributed by atoms with E-state index in [1.165, 1.54) is 0 Å². The van der Waals surface area contributed by atoms with E-state index in [9.17, 15) is 4.21 Å². The van der Waals surface area contributed by atoms with E-state index < -0.39 is 10.8 Å². The molecule has 3 rings (SSSR count). The number of aromatic nitrogens is 3. The lowest BCUT2D eigenvalue weighted by Crippen LogP contribution is -2.37. The van der Waals surface area contributed by atoms with Crippen molar-refractivity contribution in [1.82, 2.24) is 19.7 Å². The third kappa shape index (κ3) is 2.90. The van der Waals surface area contributed by atoms with Gasteiger partial charge < -0.3 is 0 Å². The van der Waals surface area contributed by atoms with Crippen LogP contribution in [0.4, 0.5) is 0 Å². The van der Waals surface area contributed by atoms with Gasteiger partial charge in [-0.3, -0.25) is 14.1 Å². The second kappa shape index (κ2) is 5.63. The fourth-order valence-corrected chi connectivity index (χ4v) is 3.36. The summed E-state index contributed by atoms with van der Waals surface area (Å²) in [4.78, 5) is 6.35. The molecule has 3 heterocycles. The Labute approximate surface area is 114 Å². The van der Waals surface area contributed by atoms with E-state index in [0.717, 1.165) is 42.5 Å². The van der Waals surface area contributed by atoms with E-state index in [0.29, 0.717) is 0 Å². The molecule has 0 atom stereocenters. The highest BCUT2D eigenvalue weighted by Crippen LogP contribution is 2.12. The lowest BCUT2D eigenvalue weighted by molar-refractivity contribution is 0.285. The van der Waals surface area contributed by atoms with Crippen molar-refractivity contribution in [2.24, 2.45) is 0 Å². The number of nitrogens with zero attached hydrogens (tertiary/aromatic N) is 4. The first kappa shape index (κ1) is 12.5. The van der Waals surface area contributed by atoms with Crippen molar-refractivity contribution >= 4 is 10.8 Å². The molecule has 1 fully saturated rings. The van der Waals surface area contributed by atoms with E-state index in [1.54, 1.807) is 12.4 Å². The standard InChI is InChI=1S/C13H16N4OS/c18-19-9-7-16(8-10-19)11-13-3-6-15-17(13)12-1-4-14-5-2-12/h1-6H,7-11H2. The number of rotatable bonds is 3. The second-order valence-corrected chi connectivity index (χ2v) is 6.26. The summed E-state index contributed by atoms with van der Waals surface area (Å²) < 4.78 is 13.3. The van der Waals surface area contributed by atoms with Crippen molar-refractivity contribution in [2.45, 2.75) is 6.54 Å². The van der Waals surface area contributed by atoms with Crippen LogP contribution in [-0.2, 0) is 17.3 Å². The molecule has 0 bridgehead atoms. The van der Waals surface area contributed by atoms with Gasteiger partial charge in [-0.1, -0.05) is 0 Å². The van der Waals surface area contributed by atoms with Crippen LogP contribution in [0.3, 0.4) is 0 Å². The minimum absolute atomic E-state index is 0.623. The predicted octanol–water partition coefficient (Wildman–Crippen LogP) is 0.832. The highest BCUT2D eigenvalue weighted by molar-refractivity contribution is 7.85. The van der Waals surface area contributed by atoms with Gasteiger partial charge in [-0.2, -0.15) is 5.10 Å². The molecule has 19 heavy (non-hydrogen) atoms. The van der Waals surface area contributed by atoms with Crippen LogP contribution in [0.15, 0.2) is 36.8 Å². The molecular weight excluding hydrogens is 260 g/mol. The highest BCUT2D eigenvalue weighted by Gasteiger charge is 2.17. The molecule has 0 N–H and O–H groups in total. The molecule has 6 heteroatoms. The fourth-order valence-electron chi connectivity index (χ4n) is 2.23. The van der Waals surface area contributed by atoms with E-state index in [1.807, 2.05) is 29.1 Å². The zero-order valence-electron chi connectivity index (χ0n) is 10.6. The first-order valence-corrected chi connectivity index (χ1v) is 7.82. The zero-order chi connectivity index (χ0) is 13.1. The fraction of sp³-hybridized carbons (Fsp3) is 0.385. The summed E-state index contributed by atoms with van der Waals surface area (Å²) in [6.07, 6.45) is 5.35. The topological polar surface area (TPSA) is 51.0 Å². The molecular formula is C13H16N4OS. The van der Waals surface area contributed by atoms with E-state index in [-0.39, 0.29) is 0 Å². The minimum atomic E-state index is -0.623. The first-order valence-electron chi connectivity index (χ1n) is 6.33. The number of hydrogen-bond acceptors (Lipinski definition) is 4. The largest absolute Gasteiger partial charge is 0.296 e. The quantitative estimate of drug-likeness (QED) is 0.833. The van der Waals surface area contributed by atoms with Gasteiger partial charge in [0, 0.05) is 60.5 Å². The van der Waals surface area contributed by atoms with Crippen LogP contribution < -0.4 is 0 Å². The van der Waals surface area contributed by atoms with Gasteiger partial charge in [-0.25, -0.2) is 4.68 Å². The maximum Gasteiger partial charge on any atom is 0.0679 e. The molecule has 0 amide bonds. The maximum absolute atomic E-state index is 11.4. The molecule has 5 nitrogen and oxygen atoms in total. The third-order valence-electron chi connectivity index (χ3n) is 3.28. The SMILES string of the molecule is O=S1CCN(Cc2ccnn2-c2ccncc2)CC1. The average Bonchev–Trinajstić information content (AvgIpc) is 2.90. The van der Waals surface area contributed by atoms with Gasteiger partial charge >= 0.3 is 0 Å². The Morgan fingerprint density at radius 1 is 1.11 bits per heavy atom. The van der Waals surface area contributed by atoms with Gasteiger partial charge in [0.15, 0.2) is 0 Å². The maximum atomic E-state index is 11.4. The molecule has 0 aliphatic carbocycles. The zero-order valence-corrected chi connectivity index (χ0v) is 11.4. The van der Waals surface area contributed by atoms with Crippen LogP contribution in [0.25, 0.3) is 5.69 Å². The van der Waals surface area contributed by atoms with Gasteiger partial charge in [-0.05, 0) is 18.2 Å². The predicted molar refractivity (Wildman–Crippen MR) is 74.5 cm³/mol. The molecule has 1 aliphatic rings. The van der Waals surface area contributed by atoms with Crippen molar-refractivity contribution in [1.29, 1.82) is 0 Å². The Hall–Kier alpha value is -1.53. The number of hydrogen-bond donors (Lipinski definition) is 0. The summed E-state index contributed by atoms with van der Waals surface area (Å²) in [5.74, 6) is 1.56. The van der Waals surface area contributed by atoms with Crippen LogP contribution in [0.1, 0.15) is 5.69 Å². The Morgan fingerprint density at radius 3 is 2.58 bits per heavy atom. The molecule has 0 aromatic carbocycles. The van der Waals surface area contributed by atoms with Crippen LogP contribution >= 0.6 is 0 Å². The summed E-state index contributed by atoms with van der Waals surface area (Å²) in [5.41, 5.74) is 2.18. The van der Waals surface area contributed by atoms with Crippen molar-refractivity contribution in [2.75, 3.05) is 24.6 Å². The Balaban J connectivity index is 1.76. The molecule has 0 radical (unpaired) electrons. The van der Waals surface area contributed by atoms with Gasteiger partial charge in [0.1, 0.15) is 0 Å². The molecule has 2 aromatic rings. The summed E-state index contributed by atoms with van der Waals surface area (Å²) in [7, 11) is -0.623. The third-order valence-corrected chi connectivity index (χ3v) is 4.56. The van der Waals surface area contributed by atoms with Crippen molar-refractivity contribution in [3.63, 3.8) is 0 Å². The molecule has 0 saturated carbocycles. The molecule has 2 aromatic heterocycles. The Bertz CT molecular complexity index is 559. The minimum Gasteiger partial charge on any atom is -0.296 e. The van der Waals surface area contributed by atoms with Crippen molar-refractivity contribution in [3.05, 3.63) is 42.5 Å². The monoisotopic (exact) mass is 276 g/mol. The van der Waals surface area contributed by atoms with Crippen molar-refractivity contribution in [3.8, 4) is 5.69 Å². The van der Waals surface area contributed by atoms with Crippen molar-refractivity contribution < 1.29 is 4.21 Å². The van der Waals surface area contributed by atoms with E-state index in [2.05, 4.69) is 15.0 Å². The number of pyridine rings is 1. The summed E-state index contributed by atoms with van der Waals surface area (Å²) >= 11 is 0. The molecule has 100 valence electrons. The van der Waals surface area contributed by atoms with Gasteiger partial charge in [0.25, 0.3) is 0 Å². The lowest BCUT2D eigenvalue weighted by Gasteiger charge is -2.26. The second-order valence-electron chi connectivity index (χ2n) is 4.56. The normalized spacial score (nSPS) is 17.7. The molecule has 1 aliphatic heterocycles. The average molecular weight is 276 g/mol. The van der Waals surface area contributed by atoms with Crippen LogP contribution in [0.5, 0.6) is 0 Å². The summed E-state index contributed by atoms with van der Waals surface area (Å²) in [5, 5.41) is 4.37. The first-order chi connectivity index (χ1) is 9.33. The van der Waals surface area contributed by atoms with Gasteiger partial charge in [-0.15, -0.1) is 0 Å². The van der Waals surface area contributed by atoms with E-state index in [4.69, 9.17) is 0 Å².